The summed E-state index contributed by atoms with van der Waals surface area (Å²) in [6, 6.07) is 0.667. The maximum Gasteiger partial charge on any atom is 0.0951 e. The van der Waals surface area contributed by atoms with E-state index in [0.29, 0.717) is 12.6 Å². The van der Waals surface area contributed by atoms with E-state index in [0.717, 1.165) is 32.5 Å². The summed E-state index contributed by atoms with van der Waals surface area (Å²) < 4.78 is 2.42. The Balaban J connectivity index is 1.66. The van der Waals surface area contributed by atoms with Gasteiger partial charge in [-0.2, -0.15) is 0 Å². The largest absolute Gasteiger partial charge is 0.396 e. The SMILES string of the molecule is CCC[C@@]1(CO)CCCN(Cc2cncn2C2CCCC2)C1. The Bertz CT molecular complexity index is 463. The Hall–Kier alpha value is -0.870. The van der Waals surface area contributed by atoms with E-state index >= 15 is 0 Å². The van der Waals surface area contributed by atoms with Crippen molar-refractivity contribution in [3.05, 3.63) is 18.2 Å². The van der Waals surface area contributed by atoms with E-state index in [9.17, 15) is 5.11 Å². The second-order valence-electron chi connectivity index (χ2n) is 7.45. The van der Waals surface area contributed by atoms with E-state index in [4.69, 9.17) is 0 Å². The van der Waals surface area contributed by atoms with Gasteiger partial charge in [-0.25, -0.2) is 4.98 Å². The maximum atomic E-state index is 9.90. The summed E-state index contributed by atoms with van der Waals surface area (Å²) in [4.78, 5) is 6.95. The van der Waals surface area contributed by atoms with Crippen LogP contribution >= 0.6 is 0 Å². The van der Waals surface area contributed by atoms with Crippen LogP contribution in [0.3, 0.4) is 0 Å². The molecule has 22 heavy (non-hydrogen) atoms. The van der Waals surface area contributed by atoms with Crippen LogP contribution in [0.15, 0.2) is 12.5 Å². The maximum absolute atomic E-state index is 9.90. The van der Waals surface area contributed by atoms with Crippen molar-refractivity contribution in [2.45, 2.75) is 70.9 Å². The normalized spacial score (nSPS) is 27.5. The van der Waals surface area contributed by atoms with Gasteiger partial charge in [0.25, 0.3) is 0 Å². The first-order valence-electron chi connectivity index (χ1n) is 9.10. The Morgan fingerprint density at radius 2 is 2.14 bits per heavy atom. The molecule has 0 radical (unpaired) electrons. The summed E-state index contributed by atoms with van der Waals surface area (Å²) in [5, 5.41) is 9.90. The molecule has 2 fully saturated rings. The van der Waals surface area contributed by atoms with Gasteiger partial charge in [-0.3, -0.25) is 4.90 Å². The van der Waals surface area contributed by atoms with Crippen LogP contribution in [-0.2, 0) is 6.54 Å². The van der Waals surface area contributed by atoms with Gasteiger partial charge in [0.05, 0.1) is 12.0 Å². The number of aliphatic hydroxyl groups excluding tert-OH is 1. The summed E-state index contributed by atoms with van der Waals surface area (Å²) in [6.45, 7) is 5.74. The highest BCUT2D eigenvalue weighted by atomic mass is 16.3. The number of likely N-dealkylation sites (tertiary alicyclic amines) is 1. The van der Waals surface area contributed by atoms with Crippen molar-refractivity contribution in [1.29, 1.82) is 0 Å². The zero-order chi connectivity index (χ0) is 15.4. The van der Waals surface area contributed by atoms with Crippen LogP contribution in [0.4, 0.5) is 0 Å². The molecule has 124 valence electrons. The fourth-order valence-corrected chi connectivity index (χ4v) is 4.58. The van der Waals surface area contributed by atoms with Gasteiger partial charge in [0.15, 0.2) is 0 Å². The molecule has 2 aliphatic rings. The van der Waals surface area contributed by atoms with Crippen molar-refractivity contribution in [3.63, 3.8) is 0 Å². The molecule has 1 atom stereocenters. The molecule has 0 aromatic carbocycles. The number of aliphatic hydroxyl groups is 1. The smallest absolute Gasteiger partial charge is 0.0951 e. The molecule has 1 saturated carbocycles. The van der Waals surface area contributed by atoms with Crippen molar-refractivity contribution in [2.24, 2.45) is 5.41 Å². The number of aromatic nitrogens is 2. The van der Waals surface area contributed by atoms with Crippen molar-refractivity contribution in [2.75, 3.05) is 19.7 Å². The lowest BCUT2D eigenvalue weighted by molar-refractivity contribution is 0.0206. The van der Waals surface area contributed by atoms with Crippen molar-refractivity contribution in [1.82, 2.24) is 14.5 Å². The van der Waals surface area contributed by atoms with Crippen LogP contribution in [0.5, 0.6) is 0 Å². The molecule has 1 aromatic rings. The Morgan fingerprint density at radius 3 is 2.86 bits per heavy atom. The molecule has 4 heteroatoms. The van der Waals surface area contributed by atoms with Crippen LogP contribution < -0.4 is 0 Å². The summed E-state index contributed by atoms with van der Waals surface area (Å²) in [5.41, 5.74) is 1.49. The van der Waals surface area contributed by atoms with E-state index in [1.807, 2.05) is 12.5 Å². The third-order valence-electron chi connectivity index (χ3n) is 5.71. The topological polar surface area (TPSA) is 41.3 Å². The van der Waals surface area contributed by atoms with Gasteiger partial charge < -0.3 is 9.67 Å². The Labute approximate surface area is 134 Å². The van der Waals surface area contributed by atoms with E-state index in [2.05, 4.69) is 21.4 Å². The van der Waals surface area contributed by atoms with Crippen LogP contribution in [0.2, 0.25) is 0 Å². The highest BCUT2D eigenvalue weighted by Gasteiger charge is 2.34. The first-order chi connectivity index (χ1) is 10.8. The van der Waals surface area contributed by atoms with Gasteiger partial charge >= 0.3 is 0 Å². The summed E-state index contributed by atoms with van der Waals surface area (Å²) in [5.74, 6) is 0. The molecule has 3 rings (SSSR count). The number of hydrogen-bond acceptors (Lipinski definition) is 3. The molecule has 2 heterocycles. The molecule has 0 bridgehead atoms. The van der Waals surface area contributed by atoms with Crippen LogP contribution in [0.25, 0.3) is 0 Å². The van der Waals surface area contributed by atoms with Crippen molar-refractivity contribution < 1.29 is 5.11 Å². The molecule has 1 N–H and O–H groups in total. The molecule has 0 unspecified atom stereocenters. The van der Waals surface area contributed by atoms with E-state index < -0.39 is 0 Å². The summed E-state index contributed by atoms with van der Waals surface area (Å²) in [6.07, 6.45) is 14.1. The molecule has 1 aromatic heterocycles. The summed E-state index contributed by atoms with van der Waals surface area (Å²) in [7, 11) is 0. The van der Waals surface area contributed by atoms with Gasteiger partial charge in [-0.05, 0) is 38.6 Å². The molecule has 1 aliphatic heterocycles. The van der Waals surface area contributed by atoms with Crippen molar-refractivity contribution in [3.8, 4) is 0 Å². The monoisotopic (exact) mass is 305 g/mol. The van der Waals surface area contributed by atoms with Crippen molar-refractivity contribution >= 4 is 0 Å². The average Bonchev–Trinajstić information content (AvgIpc) is 3.18. The third kappa shape index (κ3) is 3.38. The molecular weight excluding hydrogens is 274 g/mol. The first kappa shape index (κ1) is 16.0. The second kappa shape index (κ2) is 7.14. The van der Waals surface area contributed by atoms with Crippen LogP contribution in [-0.4, -0.2) is 39.3 Å². The second-order valence-corrected chi connectivity index (χ2v) is 7.45. The molecule has 4 nitrogen and oxygen atoms in total. The lowest BCUT2D eigenvalue weighted by Crippen LogP contribution is -2.45. The van der Waals surface area contributed by atoms with Crippen LogP contribution in [0, 0.1) is 5.41 Å². The van der Waals surface area contributed by atoms with Gasteiger partial charge in [0.1, 0.15) is 0 Å². The zero-order valence-corrected chi connectivity index (χ0v) is 14.0. The lowest BCUT2D eigenvalue weighted by Gasteiger charge is -2.42. The van der Waals surface area contributed by atoms with Gasteiger partial charge in [0, 0.05) is 37.4 Å². The zero-order valence-electron chi connectivity index (χ0n) is 14.0. The number of hydrogen-bond donors (Lipinski definition) is 1. The quantitative estimate of drug-likeness (QED) is 0.876. The van der Waals surface area contributed by atoms with E-state index in [1.54, 1.807) is 0 Å². The minimum Gasteiger partial charge on any atom is -0.396 e. The fraction of sp³-hybridized carbons (Fsp3) is 0.833. The Morgan fingerprint density at radius 1 is 1.32 bits per heavy atom. The standard InChI is InChI=1S/C18H31N3O/c1-2-8-18(14-22)9-5-10-20(13-18)12-17-11-19-15-21(17)16-6-3-4-7-16/h11,15-16,22H,2-10,12-14H2,1H3/t18-/m1/s1. The molecule has 1 aliphatic carbocycles. The highest BCUT2D eigenvalue weighted by molar-refractivity contribution is 5.02. The van der Waals surface area contributed by atoms with Gasteiger partial charge in [0.2, 0.25) is 0 Å². The molecule has 0 spiro atoms. The van der Waals surface area contributed by atoms with E-state index in [-0.39, 0.29) is 5.41 Å². The fourth-order valence-electron chi connectivity index (χ4n) is 4.58. The number of imidazole rings is 1. The molecule has 1 saturated heterocycles. The lowest BCUT2D eigenvalue weighted by atomic mass is 9.77. The highest BCUT2D eigenvalue weighted by Crippen LogP contribution is 2.35. The predicted molar refractivity (Wildman–Crippen MR) is 88.7 cm³/mol. The number of piperidine rings is 1. The van der Waals surface area contributed by atoms with Gasteiger partial charge in [-0.1, -0.05) is 26.2 Å². The van der Waals surface area contributed by atoms with Gasteiger partial charge in [-0.15, -0.1) is 0 Å². The molecule has 0 amide bonds. The first-order valence-corrected chi connectivity index (χ1v) is 9.10. The third-order valence-corrected chi connectivity index (χ3v) is 5.71. The average molecular weight is 305 g/mol. The number of rotatable bonds is 6. The van der Waals surface area contributed by atoms with E-state index in [1.165, 1.54) is 44.2 Å². The van der Waals surface area contributed by atoms with Crippen LogP contribution in [0.1, 0.15) is 70.0 Å². The molecular formula is C18H31N3O. The number of nitrogens with zero attached hydrogens (tertiary/aromatic N) is 3. The summed E-state index contributed by atoms with van der Waals surface area (Å²) >= 11 is 0. The predicted octanol–water partition coefficient (Wildman–Crippen LogP) is 3.37. The minimum atomic E-state index is 0.130. The Kier molecular flexibility index (Phi) is 5.19. The minimum absolute atomic E-state index is 0.130.